The maximum Gasteiger partial charge on any atom is 0.140 e. The fraction of sp³-hybridized carbons (Fsp3) is 0.462. The van der Waals surface area contributed by atoms with Crippen LogP contribution in [0.15, 0.2) is 24.3 Å². The van der Waals surface area contributed by atoms with Crippen LogP contribution in [0.1, 0.15) is 11.9 Å². The molecule has 96 valence electrons. The van der Waals surface area contributed by atoms with E-state index >= 15 is 0 Å². The Morgan fingerprint density at radius 2 is 2.33 bits per heavy atom. The highest BCUT2D eigenvalue weighted by Gasteiger charge is 2.22. The number of fused-ring (bicyclic) bond motifs is 1. The summed E-state index contributed by atoms with van der Waals surface area (Å²) < 4.78 is 7.80. The summed E-state index contributed by atoms with van der Waals surface area (Å²) in [5, 5.41) is 12.5. The maximum atomic E-state index is 9.22. The summed E-state index contributed by atoms with van der Waals surface area (Å²) in [5.41, 5.74) is 2.01. The number of aromatic nitrogens is 2. The van der Waals surface area contributed by atoms with Crippen LogP contribution in [-0.2, 0) is 11.3 Å². The van der Waals surface area contributed by atoms with Gasteiger partial charge in [-0.15, -0.1) is 0 Å². The van der Waals surface area contributed by atoms with E-state index < -0.39 is 0 Å². The van der Waals surface area contributed by atoms with Crippen molar-refractivity contribution in [3.63, 3.8) is 0 Å². The first-order valence-electron chi connectivity index (χ1n) is 6.28. The monoisotopic (exact) mass is 247 g/mol. The molecule has 0 saturated carbocycles. The number of aliphatic hydroxyl groups is 1. The Morgan fingerprint density at radius 1 is 1.44 bits per heavy atom. The van der Waals surface area contributed by atoms with Crippen molar-refractivity contribution in [1.82, 2.24) is 14.9 Å². The molecular formula is C13H17N3O2. The summed E-state index contributed by atoms with van der Waals surface area (Å²) in [4.78, 5) is 4.64. The third kappa shape index (κ3) is 2.01. The second-order valence-corrected chi connectivity index (χ2v) is 4.40. The molecule has 5 heteroatoms. The van der Waals surface area contributed by atoms with E-state index in [1.54, 1.807) is 0 Å². The molecule has 0 amide bonds. The average Bonchev–Trinajstić information content (AvgIpc) is 2.80. The van der Waals surface area contributed by atoms with Gasteiger partial charge in [0.1, 0.15) is 11.9 Å². The van der Waals surface area contributed by atoms with Crippen LogP contribution < -0.4 is 5.32 Å². The van der Waals surface area contributed by atoms with Crippen molar-refractivity contribution >= 4 is 11.0 Å². The molecule has 1 atom stereocenters. The van der Waals surface area contributed by atoms with Crippen LogP contribution in [0.2, 0.25) is 0 Å². The molecule has 1 aromatic heterocycles. The number of hydrogen-bond acceptors (Lipinski definition) is 4. The molecular weight excluding hydrogens is 230 g/mol. The fourth-order valence-corrected chi connectivity index (χ4v) is 2.41. The quantitative estimate of drug-likeness (QED) is 0.838. The van der Waals surface area contributed by atoms with Crippen molar-refractivity contribution in [2.45, 2.75) is 12.6 Å². The standard InChI is InChI=1S/C13H17N3O2/c17-7-6-16-11-4-2-1-3-10(11)15-13(16)12-9-14-5-8-18-12/h1-4,12,14,17H,5-9H2. The lowest BCUT2D eigenvalue weighted by Gasteiger charge is -2.23. The Kier molecular flexibility index (Phi) is 3.27. The Morgan fingerprint density at radius 3 is 3.11 bits per heavy atom. The predicted molar refractivity (Wildman–Crippen MR) is 68.4 cm³/mol. The highest BCUT2D eigenvalue weighted by Crippen LogP contribution is 2.23. The highest BCUT2D eigenvalue weighted by atomic mass is 16.5. The van der Waals surface area contributed by atoms with Crippen molar-refractivity contribution in [3.05, 3.63) is 30.1 Å². The van der Waals surface area contributed by atoms with E-state index in [0.717, 1.165) is 29.9 Å². The summed E-state index contributed by atoms with van der Waals surface area (Å²) in [6.07, 6.45) is -0.0299. The summed E-state index contributed by atoms with van der Waals surface area (Å²) in [7, 11) is 0. The molecule has 2 heterocycles. The van der Waals surface area contributed by atoms with Gasteiger partial charge in [-0.05, 0) is 12.1 Å². The van der Waals surface area contributed by atoms with Gasteiger partial charge in [0.05, 0.1) is 24.2 Å². The number of aliphatic hydroxyl groups excluding tert-OH is 1. The number of nitrogens with one attached hydrogen (secondary N) is 1. The number of ether oxygens (including phenoxy) is 1. The molecule has 0 radical (unpaired) electrons. The zero-order valence-corrected chi connectivity index (χ0v) is 10.2. The van der Waals surface area contributed by atoms with Crippen molar-refractivity contribution < 1.29 is 9.84 Å². The van der Waals surface area contributed by atoms with E-state index in [1.165, 1.54) is 0 Å². The lowest BCUT2D eigenvalue weighted by Crippen LogP contribution is -2.34. The second kappa shape index (κ2) is 5.06. The van der Waals surface area contributed by atoms with Gasteiger partial charge in [0.2, 0.25) is 0 Å². The highest BCUT2D eigenvalue weighted by molar-refractivity contribution is 5.76. The fourth-order valence-electron chi connectivity index (χ4n) is 2.41. The topological polar surface area (TPSA) is 59.3 Å². The van der Waals surface area contributed by atoms with Crippen LogP contribution in [0.4, 0.5) is 0 Å². The van der Waals surface area contributed by atoms with Crippen LogP contribution in [-0.4, -0.2) is 41.0 Å². The summed E-state index contributed by atoms with van der Waals surface area (Å²) in [6, 6.07) is 7.98. The molecule has 1 aliphatic rings. The van der Waals surface area contributed by atoms with Crippen molar-refractivity contribution in [2.24, 2.45) is 0 Å². The molecule has 5 nitrogen and oxygen atoms in total. The van der Waals surface area contributed by atoms with Gasteiger partial charge in [-0.1, -0.05) is 12.1 Å². The Balaban J connectivity index is 2.05. The minimum Gasteiger partial charge on any atom is -0.395 e. The molecule has 1 saturated heterocycles. The molecule has 2 N–H and O–H groups in total. The summed E-state index contributed by atoms with van der Waals surface area (Å²) >= 11 is 0. The molecule has 1 aromatic carbocycles. The Hall–Kier alpha value is -1.43. The normalized spacial score (nSPS) is 20.4. The number of rotatable bonds is 3. The lowest BCUT2D eigenvalue weighted by atomic mass is 10.3. The van der Waals surface area contributed by atoms with E-state index in [4.69, 9.17) is 4.74 Å². The number of hydrogen-bond donors (Lipinski definition) is 2. The zero-order chi connectivity index (χ0) is 12.4. The number of morpholine rings is 1. The van der Waals surface area contributed by atoms with Gasteiger partial charge in [-0.25, -0.2) is 4.98 Å². The minimum atomic E-state index is -0.0299. The molecule has 0 aliphatic carbocycles. The van der Waals surface area contributed by atoms with E-state index in [2.05, 4.69) is 10.3 Å². The molecule has 1 fully saturated rings. The SMILES string of the molecule is OCCn1c(C2CNCCO2)nc2ccccc21. The number of imidazole rings is 1. The third-order valence-electron chi connectivity index (χ3n) is 3.22. The van der Waals surface area contributed by atoms with Gasteiger partial charge in [-0.3, -0.25) is 0 Å². The van der Waals surface area contributed by atoms with E-state index in [-0.39, 0.29) is 12.7 Å². The van der Waals surface area contributed by atoms with Gasteiger partial charge < -0.3 is 19.7 Å². The number of para-hydroxylation sites is 2. The molecule has 0 bridgehead atoms. The Bertz CT molecular complexity index is 532. The number of benzene rings is 1. The second-order valence-electron chi connectivity index (χ2n) is 4.40. The molecule has 0 spiro atoms. The van der Waals surface area contributed by atoms with Crippen LogP contribution in [0, 0.1) is 0 Å². The van der Waals surface area contributed by atoms with Gasteiger partial charge >= 0.3 is 0 Å². The molecule has 1 unspecified atom stereocenters. The minimum absolute atomic E-state index is 0.0299. The van der Waals surface area contributed by atoms with Crippen LogP contribution in [0.3, 0.4) is 0 Å². The van der Waals surface area contributed by atoms with Crippen molar-refractivity contribution in [2.75, 3.05) is 26.3 Å². The first-order valence-corrected chi connectivity index (χ1v) is 6.28. The van der Waals surface area contributed by atoms with Crippen LogP contribution in [0.25, 0.3) is 11.0 Å². The van der Waals surface area contributed by atoms with Gasteiger partial charge in [0.25, 0.3) is 0 Å². The maximum absolute atomic E-state index is 9.22. The van der Waals surface area contributed by atoms with Crippen LogP contribution >= 0.6 is 0 Å². The summed E-state index contributed by atoms with van der Waals surface area (Å²) in [5.74, 6) is 0.900. The van der Waals surface area contributed by atoms with Crippen molar-refractivity contribution in [1.29, 1.82) is 0 Å². The first kappa shape index (κ1) is 11.6. The van der Waals surface area contributed by atoms with Crippen molar-refractivity contribution in [3.8, 4) is 0 Å². The predicted octanol–water partition coefficient (Wildman–Crippen LogP) is 0.689. The molecule has 3 rings (SSSR count). The lowest BCUT2D eigenvalue weighted by molar-refractivity contribution is 0.0198. The van der Waals surface area contributed by atoms with E-state index in [1.807, 2.05) is 28.8 Å². The zero-order valence-electron chi connectivity index (χ0n) is 10.2. The van der Waals surface area contributed by atoms with E-state index in [0.29, 0.717) is 13.2 Å². The van der Waals surface area contributed by atoms with Crippen LogP contribution in [0.5, 0.6) is 0 Å². The largest absolute Gasteiger partial charge is 0.395 e. The third-order valence-corrected chi connectivity index (χ3v) is 3.22. The van der Waals surface area contributed by atoms with E-state index in [9.17, 15) is 5.11 Å². The van der Waals surface area contributed by atoms with Gasteiger partial charge in [0.15, 0.2) is 0 Å². The van der Waals surface area contributed by atoms with Gasteiger partial charge in [-0.2, -0.15) is 0 Å². The Labute approximate surface area is 105 Å². The summed E-state index contributed by atoms with van der Waals surface area (Å²) in [6.45, 7) is 3.02. The smallest absolute Gasteiger partial charge is 0.140 e. The first-order chi connectivity index (χ1) is 8.90. The molecule has 2 aromatic rings. The molecule has 1 aliphatic heterocycles. The molecule has 18 heavy (non-hydrogen) atoms. The average molecular weight is 247 g/mol. The van der Waals surface area contributed by atoms with Gasteiger partial charge in [0, 0.05) is 19.6 Å². The number of nitrogens with zero attached hydrogens (tertiary/aromatic N) is 2.